The maximum absolute atomic E-state index is 5.07. The van der Waals surface area contributed by atoms with Crippen molar-refractivity contribution in [1.82, 2.24) is 25.4 Å². The fourth-order valence-electron chi connectivity index (χ4n) is 5.41. The summed E-state index contributed by atoms with van der Waals surface area (Å²) in [6.45, 7) is 16.1. The van der Waals surface area contributed by atoms with E-state index in [1.165, 1.54) is 50.3 Å². The van der Waals surface area contributed by atoms with E-state index >= 15 is 0 Å². The van der Waals surface area contributed by atoms with Gasteiger partial charge in [-0.05, 0) is 71.2 Å². The highest BCUT2D eigenvalue weighted by atomic mass is 15.3. The summed E-state index contributed by atoms with van der Waals surface area (Å²) in [5, 5.41) is 7.27. The molecule has 0 saturated carbocycles. The monoisotopic (exact) mass is 426 g/mol. The van der Waals surface area contributed by atoms with Gasteiger partial charge in [0, 0.05) is 49.7 Å². The summed E-state index contributed by atoms with van der Waals surface area (Å²) in [7, 11) is 0. The van der Waals surface area contributed by atoms with Gasteiger partial charge in [0.2, 0.25) is 0 Å². The Labute approximate surface area is 189 Å². The maximum atomic E-state index is 5.07. The van der Waals surface area contributed by atoms with Crippen LogP contribution in [0.25, 0.3) is 0 Å². The van der Waals surface area contributed by atoms with Gasteiger partial charge in [0.25, 0.3) is 0 Å². The minimum Gasteiger partial charge on any atom is -0.362 e. The lowest BCUT2D eigenvalue weighted by Crippen LogP contribution is -2.47. The molecule has 0 amide bonds. The van der Waals surface area contributed by atoms with Crippen LogP contribution in [0.2, 0.25) is 0 Å². The Morgan fingerprint density at radius 1 is 0.935 bits per heavy atom. The first-order chi connectivity index (χ1) is 15.1. The highest BCUT2D eigenvalue weighted by Gasteiger charge is 2.28. The first kappa shape index (κ1) is 22.4. The topological polar surface area (TPSA) is 46.7 Å². The van der Waals surface area contributed by atoms with E-state index in [4.69, 9.17) is 4.98 Å². The van der Waals surface area contributed by atoms with Gasteiger partial charge in [-0.15, -0.1) is 0 Å². The molecule has 2 N–H and O–H groups in total. The fourth-order valence-corrected chi connectivity index (χ4v) is 5.41. The molecule has 3 aliphatic heterocycles. The Balaban J connectivity index is 1.35. The van der Waals surface area contributed by atoms with Crippen molar-refractivity contribution >= 4 is 5.82 Å². The molecule has 0 aromatic carbocycles. The molecule has 4 rings (SSSR count). The summed E-state index contributed by atoms with van der Waals surface area (Å²) in [6.07, 6.45) is 6.01. The van der Waals surface area contributed by atoms with E-state index < -0.39 is 0 Å². The zero-order valence-electron chi connectivity index (χ0n) is 20.0. The van der Waals surface area contributed by atoms with Gasteiger partial charge in [0.15, 0.2) is 0 Å². The highest BCUT2D eigenvalue weighted by molar-refractivity contribution is 5.40. The van der Waals surface area contributed by atoms with Crippen LogP contribution in [0.1, 0.15) is 71.7 Å². The van der Waals surface area contributed by atoms with Crippen molar-refractivity contribution in [3.63, 3.8) is 0 Å². The van der Waals surface area contributed by atoms with Gasteiger partial charge in [-0.2, -0.15) is 0 Å². The SMILES string of the molecule is CCC1=C(CC)NC(c2cccc(N3CCCN(C4CCN(C(C)C)CC4)CC3)n2)N1. The Morgan fingerprint density at radius 3 is 2.29 bits per heavy atom. The summed E-state index contributed by atoms with van der Waals surface area (Å²) < 4.78 is 0. The van der Waals surface area contributed by atoms with Gasteiger partial charge >= 0.3 is 0 Å². The largest absolute Gasteiger partial charge is 0.362 e. The first-order valence-electron chi connectivity index (χ1n) is 12.5. The van der Waals surface area contributed by atoms with Crippen LogP contribution in [0.15, 0.2) is 29.6 Å². The van der Waals surface area contributed by atoms with Crippen LogP contribution < -0.4 is 15.5 Å². The number of pyridine rings is 1. The molecular formula is C25H42N6. The van der Waals surface area contributed by atoms with Crippen molar-refractivity contribution in [3.8, 4) is 0 Å². The zero-order chi connectivity index (χ0) is 21.8. The van der Waals surface area contributed by atoms with Crippen molar-refractivity contribution in [2.24, 2.45) is 0 Å². The van der Waals surface area contributed by atoms with Crippen molar-refractivity contribution in [2.45, 2.75) is 78.0 Å². The first-order valence-corrected chi connectivity index (χ1v) is 12.5. The van der Waals surface area contributed by atoms with Crippen LogP contribution in [-0.4, -0.2) is 66.1 Å². The van der Waals surface area contributed by atoms with Crippen molar-refractivity contribution < 1.29 is 0 Å². The van der Waals surface area contributed by atoms with Gasteiger partial charge in [0.05, 0.1) is 5.69 Å². The van der Waals surface area contributed by atoms with E-state index in [1.807, 2.05) is 0 Å². The summed E-state index contributed by atoms with van der Waals surface area (Å²) in [6, 6.07) is 7.93. The number of nitrogens with zero attached hydrogens (tertiary/aromatic N) is 4. The van der Waals surface area contributed by atoms with Gasteiger partial charge in [0.1, 0.15) is 12.0 Å². The second-order valence-electron chi connectivity index (χ2n) is 9.54. The van der Waals surface area contributed by atoms with E-state index in [0.717, 1.165) is 50.0 Å². The third-order valence-electron chi connectivity index (χ3n) is 7.36. The van der Waals surface area contributed by atoms with Gasteiger partial charge in [-0.3, -0.25) is 4.90 Å². The van der Waals surface area contributed by atoms with Crippen LogP contribution >= 0.6 is 0 Å². The Bertz CT molecular complexity index is 736. The number of piperidine rings is 1. The predicted octanol–water partition coefficient (Wildman–Crippen LogP) is 3.69. The molecular weight excluding hydrogens is 384 g/mol. The molecule has 0 spiro atoms. The molecule has 31 heavy (non-hydrogen) atoms. The number of nitrogens with one attached hydrogen (secondary N) is 2. The molecule has 172 valence electrons. The second kappa shape index (κ2) is 10.2. The fraction of sp³-hybridized carbons (Fsp3) is 0.720. The van der Waals surface area contributed by atoms with Gasteiger partial charge in [-0.1, -0.05) is 19.9 Å². The number of hydrogen-bond donors (Lipinski definition) is 2. The minimum atomic E-state index is 0.0967. The second-order valence-corrected chi connectivity index (χ2v) is 9.54. The number of likely N-dealkylation sites (tertiary alicyclic amines) is 1. The molecule has 0 unspecified atom stereocenters. The molecule has 0 aliphatic carbocycles. The average Bonchev–Trinajstić information content (AvgIpc) is 3.07. The van der Waals surface area contributed by atoms with Crippen LogP contribution in [0.3, 0.4) is 0 Å². The lowest BCUT2D eigenvalue weighted by atomic mass is 10.0. The zero-order valence-corrected chi connectivity index (χ0v) is 20.0. The molecule has 3 aliphatic rings. The van der Waals surface area contributed by atoms with Crippen molar-refractivity contribution in [3.05, 3.63) is 35.3 Å². The smallest absolute Gasteiger partial charge is 0.140 e. The van der Waals surface area contributed by atoms with Crippen LogP contribution in [-0.2, 0) is 0 Å². The van der Waals surface area contributed by atoms with Crippen molar-refractivity contribution in [1.29, 1.82) is 0 Å². The highest BCUT2D eigenvalue weighted by Crippen LogP contribution is 2.25. The number of allylic oxidation sites excluding steroid dienone is 2. The van der Waals surface area contributed by atoms with Crippen LogP contribution in [0.4, 0.5) is 5.82 Å². The Hall–Kier alpha value is -1.79. The molecule has 0 radical (unpaired) electrons. The summed E-state index contributed by atoms with van der Waals surface area (Å²) in [4.78, 5) is 13.0. The van der Waals surface area contributed by atoms with E-state index in [0.29, 0.717) is 6.04 Å². The molecule has 0 bridgehead atoms. The molecule has 1 aromatic rings. The summed E-state index contributed by atoms with van der Waals surface area (Å²) >= 11 is 0. The van der Waals surface area contributed by atoms with E-state index in [9.17, 15) is 0 Å². The molecule has 6 heteroatoms. The number of hydrogen-bond acceptors (Lipinski definition) is 6. The molecule has 2 saturated heterocycles. The number of anilines is 1. The lowest BCUT2D eigenvalue weighted by Gasteiger charge is -2.39. The normalized spacial score (nSPS) is 22.7. The molecule has 4 heterocycles. The van der Waals surface area contributed by atoms with E-state index in [-0.39, 0.29) is 6.17 Å². The molecule has 0 atom stereocenters. The lowest BCUT2D eigenvalue weighted by molar-refractivity contribution is 0.0965. The average molecular weight is 427 g/mol. The van der Waals surface area contributed by atoms with Gasteiger partial charge in [-0.25, -0.2) is 4.98 Å². The summed E-state index contributed by atoms with van der Waals surface area (Å²) in [5.74, 6) is 1.13. The molecule has 6 nitrogen and oxygen atoms in total. The third-order valence-corrected chi connectivity index (χ3v) is 7.36. The van der Waals surface area contributed by atoms with E-state index in [2.05, 4.69) is 71.2 Å². The number of rotatable bonds is 6. The van der Waals surface area contributed by atoms with Crippen LogP contribution in [0.5, 0.6) is 0 Å². The van der Waals surface area contributed by atoms with Gasteiger partial charge < -0.3 is 20.4 Å². The van der Waals surface area contributed by atoms with Crippen molar-refractivity contribution in [2.75, 3.05) is 44.2 Å². The summed E-state index contributed by atoms with van der Waals surface area (Å²) in [5.41, 5.74) is 3.75. The third kappa shape index (κ3) is 5.17. The Morgan fingerprint density at radius 2 is 1.65 bits per heavy atom. The minimum absolute atomic E-state index is 0.0967. The predicted molar refractivity (Wildman–Crippen MR) is 129 cm³/mol. The standard InChI is InChI=1S/C25H42N6/c1-5-21-22(6-2)28-25(27-21)23-9-7-10-24(26-23)31-14-8-13-30(17-18-31)20-11-15-29(16-12-20)19(3)4/h7,9-10,19-20,25,27-28H,5-6,8,11-18H2,1-4H3. The molecule has 1 aromatic heterocycles. The maximum Gasteiger partial charge on any atom is 0.140 e. The van der Waals surface area contributed by atoms with E-state index in [1.54, 1.807) is 0 Å². The Kier molecular flexibility index (Phi) is 7.39. The molecule has 2 fully saturated rings. The quantitative estimate of drug-likeness (QED) is 0.723. The number of aromatic nitrogens is 1. The van der Waals surface area contributed by atoms with Crippen LogP contribution in [0, 0.1) is 0 Å².